The normalized spacial score (nSPS) is 11.9. The van der Waals surface area contributed by atoms with Crippen LogP contribution >= 0.6 is 0 Å². The van der Waals surface area contributed by atoms with Crippen molar-refractivity contribution >= 4 is 5.78 Å². The molecule has 0 unspecified atom stereocenters. The number of nitrogens with zero attached hydrogens (tertiary/aromatic N) is 1. The molecule has 0 aliphatic carbocycles. The molecule has 19 heavy (non-hydrogen) atoms. The van der Waals surface area contributed by atoms with E-state index in [2.05, 4.69) is 0 Å². The predicted molar refractivity (Wildman–Crippen MR) is 69.1 cm³/mol. The predicted octanol–water partition coefficient (Wildman–Crippen LogP) is 2.24. The SMILES string of the molecule is CCN(CC(=O)c1cc(F)ccc1F)CC(C)(C)O. The number of halogens is 2. The molecule has 1 N–H and O–H groups in total. The fraction of sp³-hybridized carbons (Fsp3) is 0.500. The van der Waals surface area contributed by atoms with Crippen molar-refractivity contribution in [3.05, 3.63) is 35.4 Å². The Morgan fingerprint density at radius 1 is 1.37 bits per heavy atom. The molecule has 0 aromatic heterocycles. The van der Waals surface area contributed by atoms with Crippen LogP contribution in [0.1, 0.15) is 31.1 Å². The number of carbonyl (C=O) groups is 1. The van der Waals surface area contributed by atoms with Gasteiger partial charge in [0.25, 0.3) is 0 Å². The van der Waals surface area contributed by atoms with E-state index >= 15 is 0 Å². The van der Waals surface area contributed by atoms with Crippen LogP contribution in [0.2, 0.25) is 0 Å². The van der Waals surface area contributed by atoms with E-state index in [-0.39, 0.29) is 18.7 Å². The minimum atomic E-state index is -0.948. The number of ketones is 1. The molecule has 0 saturated heterocycles. The Labute approximate surface area is 111 Å². The summed E-state index contributed by atoms with van der Waals surface area (Å²) in [4.78, 5) is 13.6. The number of carbonyl (C=O) groups excluding carboxylic acids is 1. The molecule has 0 bridgehead atoms. The maximum Gasteiger partial charge on any atom is 0.179 e. The van der Waals surface area contributed by atoms with Crippen LogP contribution in [0.15, 0.2) is 18.2 Å². The number of rotatable bonds is 6. The van der Waals surface area contributed by atoms with Crippen LogP contribution in [0.25, 0.3) is 0 Å². The van der Waals surface area contributed by atoms with Crippen molar-refractivity contribution in [2.45, 2.75) is 26.4 Å². The number of benzene rings is 1. The van der Waals surface area contributed by atoms with Crippen molar-refractivity contribution in [3.8, 4) is 0 Å². The summed E-state index contributed by atoms with van der Waals surface area (Å²) in [5.74, 6) is -1.87. The Kier molecular flexibility index (Phi) is 5.14. The molecule has 0 aliphatic heterocycles. The zero-order valence-corrected chi connectivity index (χ0v) is 11.4. The van der Waals surface area contributed by atoms with Gasteiger partial charge in [0.2, 0.25) is 0 Å². The molecule has 5 heteroatoms. The largest absolute Gasteiger partial charge is 0.389 e. The molecule has 1 aromatic carbocycles. The highest BCUT2D eigenvalue weighted by Crippen LogP contribution is 2.12. The van der Waals surface area contributed by atoms with Crippen molar-refractivity contribution in [3.63, 3.8) is 0 Å². The summed E-state index contributed by atoms with van der Waals surface area (Å²) in [5, 5.41) is 9.71. The molecular formula is C14H19F2NO2. The Morgan fingerprint density at radius 3 is 2.53 bits per heavy atom. The highest BCUT2D eigenvalue weighted by atomic mass is 19.1. The minimum absolute atomic E-state index is 0.0547. The molecule has 0 fully saturated rings. The van der Waals surface area contributed by atoms with Gasteiger partial charge in [-0.2, -0.15) is 0 Å². The highest BCUT2D eigenvalue weighted by Gasteiger charge is 2.21. The molecule has 0 amide bonds. The summed E-state index contributed by atoms with van der Waals surface area (Å²) in [7, 11) is 0. The third kappa shape index (κ3) is 5.04. The van der Waals surface area contributed by atoms with Gasteiger partial charge in [0, 0.05) is 6.54 Å². The zero-order chi connectivity index (χ0) is 14.6. The standard InChI is InChI=1S/C14H19F2NO2/c1-4-17(9-14(2,3)19)8-13(18)11-7-10(15)5-6-12(11)16/h5-7,19H,4,8-9H2,1-3H3. The van der Waals surface area contributed by atoms with Gasteiger partial charge >= 0.3 is 0 Å². The molecule has 1 rings (SSSR count). The first-order chi connectivity index (χ1) is 8.73. The van der Waals surface area contributed by atoms with Crippen LogP contribution in [-0.4, -0.2) is 41.0 Å². The topological polar surface area (TPSA) is 40.5 Å². The molecule has 0 radical (unpaired) electrons. The van der Waals surface area contributed by atoms with E-state index < -0.39 is 23.0 Å². The Hall–Kier alpha value is -1.33. The van der Waals surface area contributed by atoms with E-state index in [1.54, 1.807) is 18.7 Å². The molecule has 1 aromatic rings. The quantitative estimate of drug-likeness (QED) is 0.807. The van der Waals surface area contributed by atoms with Crippen LogP contribution in [0.5, 0.6) is 0 Å². The molecule has 3 nitrogen and oxygen atoms in total. The lowest BCUT2D eigenvalue weighted by atomic mass is 10.1. The maximum absolute atomic E-state index is 13.5. The fourth-order valence-electron chi connectivity index (χ4n) is 1.83. The van der Waals surface area contributed by atoms with Crippen LogP contribution in [0, 0.1) is 11.6 Å². The van der Waals surface area contributed by atoms with Gasteiger partial charge in [0.05, 0.1) is 17.7 Å². The summed E-state index contributed by atoms with van der Waals surface area (Å²) in [5.41, 5.74) is -1.20. The highest BCUT2D eigenvalue weighted by molar-refractivity contribution is 5.97. The monoisotopic (exact) mass is 271 g/mol. The van der Waals surface area contributed by atoms with Crippen molar-refractivity contribution in [2.24, 2.45) is 0 Å². The number of aliphatic hydroxyl groups is 1. The minimum Gasteiger partial charge on any atom is -0.389 e. The van der Waals surface area contributed by atoms with Crippen molar-refractivity contribution < 1.29 is 18.7 Å². The van der Waals surface area contributed by atoms with E-state index in [1.807, 2.05) is 6.92 Å². The molecule has 0 spiro atoms. The van der Waals surface area contributed by atoms with E-state index in [9.17, 15) is 18.7 Å². The summed E-state index contributed by atoms with van der Waals surface area (Å²) in [6.07, 6.45) is 0. The average Bonchev–Trinajstić information content (AvgIpc) is 2.29. The third-order valence-electron chi connectivity index (χ3n) is 2.65. The van der Waals surface area contributed by atoms with E-state index in [4.69, 9.17) is 0 Å². The van der Waals surface area contributed by atoms with Crippen LogP contribution in [0.4, 0.5) is 8.78 Å². The van der Waals surface area contributed by atoms with E-state index in [1.165, 1.54) is 0 Å². The summed E-state index contributed by atoms with van der Waals surface area (Å²) in [6.45, 7) is 5.85. The molecule has 106 valence electrons. The molecular weight excluding hydrogens is 252 g/mol. The van der Waals surface area contributed by atoms with Gasteiger partial charge in [-0.15, -0.1) is 0 Å². The van der Waals surface area contributed by atoms with Gasteiger partial charge in [0.15, 0.2) is 5.78 Å². The van der Waals surface area contributed by atoms with E-state index in [0.29, 0.717) is 6.54 Å². The van der Waals surface area contributed by atoms with Gasteiger partial charge in [-0.3, -0.25) is 9.69 Å². The van der Waals surface area contributed by atoms with Crippen molar-refractivity contribution in [1.29, 1.82) is 0 Å². The molecule has 0 saturated carbocycles. The molecule has 0 atom stereocenters. The lowest BCUT2D eigenvalue weighted by Crippen LogP contribution is -2.41. The summed E-state index contributed by atoms with van der Waals surface area (Å²) in [6, 6.07) is 2.81. The Bertz CT molecular complexity index is 455. The Balaban J connectivity index is 2.80. The first-order valence-corrected chi connectivity index (χ1v) is 6.16. The lowest BCUT2D eigenvalue weighted by molar-refractivity contribution is 0.0375. The molecule has 0 heterocycles. The van der Waals surface area contributed by atoms with E-state index in [0.717, 1.165) is 18.2 Å². The Morgan fingerprint density at radius 2 is 2.00 bits per heavy atom. The zero-order valence-electron chi connectivity index (χ0n) is 11.4. The third-order valence-corrected chi connectivity index (χ3v) is 2.65. The number of Topliss-reactive ketones (excluding diaryl/α,β-unsaturated/α-hetero) is 1. The van der Waals surface area contributed by atoms with Gasteiger partial charge in [0.1, 0.15) is 11.6 Å². The number of hydrogen-bond donors (Lipinski definition) is 1. The van der Waals surface area contributed by atoms with Crippen molar-refractivity contribution in [2.75, 3.05) is 19.6 Å². The van der Waals surface area contributed by atoms with Gasteiger partial charge in [-0.1, -0.05) is 6.92 Å². The number of hydrogen-bond acceptors (Lipinski definition) is 3. The first-order valence-electron chi connectivity index (χ1n) is 6.16. The maximum atomic E-state index is 13.5. The van der Waals surface area contributed by atoms with Gasteiger partial charge in [-0.05, 0) is 38.6 Å². The molecule has 0 aliphatic rings. The smallest absolute Gasteiger partial charge is 0.179 e. The van der Waals surface area contributed by atoms with Crippen molar-refractivity contribution in [1.82, 2.24) is 4.90 Å². The van der Waals surface area contributed by atoms with Gasteiger partial charge < -0.3 is 5.11 Å². The van der Waals surface area contributed by atoms with Crippen LogP contribution in [-0.2, 0) is 0 Å². The second-order valence-corrected chi connectivity index (χ2v) is 5.16. The number of likely N-dealkylation sites (N-methyl/N-ethyl adjacent to an activating group) is 1. The average molecular weight is 271 g/mol. The second kappa shape index (κ2) is 6.21. The summed E-state index contributed by atoms with van der Waals surface area (Å²) >= 11 is 0. The first kappa shape index (κ1) is 15.7. The van der Waals surface area contributed by atoms with Gasteiger partial charge in [-0.25, -0.2) is 8.78 Å². The van der Waals surface area contributed by atoms with Crippen LogP contribution < -0.4 is 0 Å². The lowest BCUT2D eigenvalue weighted by Gasteiger charge is -2.27. The van der Waals surface area contributed by atoms with Crippen LogP contribution in [0.3, 0.4) is 0 Å². The fourth-order valence-corrected chi connectivity index (χ4v) is 1.83. The second-order valence-electron chi connectivity index (χ2n) is 5.16. The summed E-state index contributed by atoms with van der Waals surface area (Å²) < 4.78 is 26.5.